The van der Waals surface area contributed by atoms with Gasteiger partial charge in [-0.25, -0.2) is 0 Å². The van der Waals surface area contributed by atoms with Crippen LogP contribution in [-0.4, -0.2) is 11.7 Å². The second kappa shape index (κ2) is 5.92. The van der Waals surface area contributed by atoms with Crippen LogP contribution in [0.3, 0.4) is 0 Å². The molecule has 0 radical (unpaired) electrons. The number of nitrogens with two attached hydrogens (primary N) is 1. The number of halogens is 3. The number of hydrogen-bond acceptors (Lipinski definition) is 2. The van der Waals surface area contributed by atoms with Gasteiger partial charge in [0.05, 0.1) is 10.0 Å². The summed E-state index contributed by atoms with van der Waals surface area (Å²) in [4.78, 5) is 0. The molecule has 0 heterocycles. The predicted molar refractivity (Wildman–Crippen MR) is 64.7 cm³/mol. The molecule has 84 valence electrons. The van der Waals surface area contributed by atoms with Crippen molar-refractivity contribution < 1.29 is 5.11 Å². The van der Waals surface area contributed by atoms with E-state index in [1.54, 1.807) is 12.1 Å². The molecule has 0 fully saturated rings. The van der Waals surface area contributed by atoms with Crippen molar-refractivity contribution >= 4 is 34.8 Å². The molecule has 15 heavy (non-hydrogen) atoms. The van der Waals surface area contributed by atoms with Gasteiger partial charge in [-0.2, -0.15) is 0 Å². The highest BCUT2D eigenvalue weighted by Crippen LogP contribution is 2.36. The van der Waals surface area contributed by atoms with Gasteiger partial charge < -0.3 is 10.8 Å². The third kappa shape index (κ3) is 3.23. The first-order chi connectivity index (χ1) is 7.07. The molecule has 0 spiro atoms. The molecule has 0 aliphatic carbocycles. The highest BCUT2D eigenvalue weighted by atomic mass is 35.5. The third-order valence-corrected chi connectivity index (χ3v) is 3.27. The zero-order valence-corrected chi connectivity index (χ0v) is 10.3. The zero-order valence-electron chi connectivity index (χ0n) is 8.01. The van der Waals surface area contributed by atoms with Crippen molar-refractivity contribution in [1.29, 1.82) is 0 Å². The molecule has 0 saturated heterocycles. The molecular weight excluding hydrogens is 256 g/mol. The summed E-state index contributed by atoms with van der Waals surface area (Å²) in [5.41, 5.74) is 6.57. The van der Waals surface area contributed by atoms with E-state index in [9.17, 15) is 0 Å². The smallest absolute Gasteiger partial charge is 0.0654 e. The highest BCUT2D eigenvalue weighted by molar-refractivity contribution is 6.44. The Kier molecular flexibility index (Phi) is 5.16. The average molecular weight is 269 g/mol. The summed E-state index contributed by atoms with van der Waals surface area (Å²) in [6.07, 6.45) is 1.23. The average Bonchev–Trinajstić information content (AvgIpc) is 2.21. The summed E-state index contributed by atoms with van der Waals surface area (Å²) < 4.78 is 0. The van der Waals surface area contributed by atoms with Crippen molar-refractivity contribution in [2.75, 3.05) is 6.61 Å². The lowest BCUT2D eigenvalue weighted by Gasteiger charge is -2.15. The maximum absolute atomic E-state index is 8.71. The standard InChI is InChI=1S/C10H12Cl3NO/c11-6-3-4-7(12)10(13)9(6)8(14)2-1-5-15/h3-4,8,15H,1-2,5,14H2/t8-/m0/s1. The van der Waals surface area contributed by atoms with E-state index in [4.69, 9.17) is 45.6 Å². The van der Waals surface area contributed by atoms with E-state index in [-0.39, 0.29) is 12.6 Å². The van der Waals surface area contributed by atoms with E-state index in [1.165, 1.54) is 0 Å². The second-order valence-electron chi connectivity index (χ2n) is 3.23. The van der Waals surface area contributed by atoms with Crippen LogP contribution in [0.1, 0.15) is 24.4 Å². The van der Waals surface area contributed by atoms with Gasteiger partial charge in [-0.05, 0) is 25.0 Å². The van der Waals surface area contributed by atoms with Crippen LogP contribution in [0.4, 0.5) is 0 Å². The maximum Gasteiger partial charge on any atom is 0.0654 e. The first-order valence-electron chi connectivity index (χ1n) is 4.57. The van der Waals surface area contributed by atoms with Gasteiger partial charge in [-0.3, -0.25) is 0 Å². The molecule has 0 aromatic heterocycles. The SMILES string of the molecule is N[C@@H](CCCO)c1c(Cl)ccc(Cl)c1Cl. The van der Waals surface area contributed by atoms with Crippen LogP contribution in [0.5, 0.6) is 0 Å². The Morgan fingerprint density at radius 1 is 1.20 bits per heavy atom. The Balaban J connectivity index is 2.96. The zero-order chi connectivity index (χ0) is 11.4. The van der Waals surface area contributed by atoms with Gasteiger partial charge in [0.2, 0.25) is 0 Å². The van der Waals surface area contributed by atoms with E-state index < -0.39 is 0 Å². The van der Waals surface area contributed by atoms with E-state index in [0.29, 0.717) is 33.5 Å². The minimum absolute atomic E-state index is 0.101. The monoisotopic (exact) mass is 267 g/mol. The number of rotatable bonds is 4. The van der Waals surface area contributed by atoms with Crippen molar-refractivity contribution in [3.63, 3.8) is 0 Å². The Labute approximate surface area is 104 Å². The van der Waals surface area contributed by atoms with Crippen molar-refractivity contribution in [2.24, 2.45) is 5.73 Å². The van der Waals surface area contributed by atoms with E-state index in [2.05, 4.69) is 0 Å². The summed E-state index contributed by atoms with van der Waals surface area (Å²) >= 11 is 17.9. The molecule has 0 amide bonds. The lowest BCUT2D eigenvalue weighted by Crippen LogP contribution is -2.12. The third-order valence-electron chi connectivity index (χ3n) is 2.12. The number of aliphatic hydroxyl groups is 1. The van der Waals surface area contributed by atoms with Crippen LogP contribution in [0.15, 0.2) is 12.1 Å². The van der Waals surface area contributed by atoms with E-state index in [1.807, 2.05) is 0 Å². The molecular formula is C10H12Cl3NO. The summed E-state index contributed by atoms with van der Waals surface area (Å²) in [6, 6.07) is 3.01. The molecule has 1 atom stereocenters. The van der Waals surface area contributed by atoms with Crippen LogP contribution in [-0.2, 0) is 0 Å². The molecule has 0 aliphatic heterocycles. The number of aliphatic hydroxyl groups excluding tert-OH is 1. The van der Waals surface area contributed by atoms with Gasteiger partial charge in [-0.15, -0.1) is 0 Å². The molecule has 3 N–H and O–H groups in total. The highest BCUT2D eigenvalue weighted by Gasteiger charge is 2.16. The van der Waals surface area contributed by atoms with Gasteiger partial charge in [0.15, 0.2) is 0 Å². The number of benzene rings is 1. The Bertz CT molecular complexity index is 344. The van der Waals surface area contributed by atoms with Crippen molar-refractivity contribution in [1.82, 2.24) is 0 Å². The quantitative estimate of drug-likeness (QED) is 0.822. The molecule has 2 nitrogen and oxygen atoms in total. The second-order valence-corrected chi connectivity index (χ2v) is 4.42. The Morgan fingerprint density at radius 2 is 1.80 bits per heavy atom. The molecule has 1 rings (SSSR count). The van der Waals surface area contributed by atoms with Crippen molar-refractivity contribution in [3.05, 3.63) is 32.8 Å². The Hall–Kier alpha value is 0.01000. The van der Waals surface area contributed by atoms with Gasteiger partial charge in [0.25, 0.3) is 0 Å². The van der Waals surface area contributed by atoms with Gasteiger partial charge >= 0.3 is 0 Å². The maximum atomic E-state index is 8.71. The topological polar surface area (TPSA) is 46.2 Å². The fourth-order valence-electron chi connectivity index (χ4n) is 1.34. The lowest BCUT2D eigenvalue weighted by molar-refractivity contribution is 0.280. The first-order valence-corrected chi connectivity index (χ1v) is 5.71. The molecule has 0 unspecified atom stereocenters. The van der Waals surface area contributed by atoms with Crippen molar-refractivity contribution in [2.45, 2.75) is 18.9 Å². The van der Waals surface area contributed by atoms with Gasteiger partial charge in [0, 0.05) is 23.2 Å². The first kappa shape index (κ1) is 13.1. The predicted octanol–water partition coefficient (Wildman–Crippen LogP) is 3.42. The normalized spacial score (nSPS) is 12.9. The van der Waals surface area contributed by atoms with Gasteiger partial charge in [0.1, 0.15) is 0 Å². The molecule has 0 aliphatic rings. The fraction of sp³-hybridized carbons (Fsp3) is 0.400. The lowest BCUT2D eigenvalue weighted by atomic mass is 10.0. The molecule has 0 saturated carbocycles. The largest absolute Gasteiger partial charge is 0.396 e. The van der Waals surface area contributed by atoms with Crippen LogP contribution in [0.2, 0.25) is 15.1 Å². The minimum Gasteiger partial charge on any atom is -0.396 e. The minimum atomic E-state index is -0.296. The molecule has 0 bridgehead atoms. The number of hydrogen-bond donors (Lipinski definition) is 2. The van der Waals surface area contributed by atoms with Crippen LogP contribution >= 0.6 is 34.8 Å². The summed E-state index contributed by atoms with van der Waals surface area (Å²) in [7, 11) is 0. The van der Waals surface area contributed by atoms with Crippen LogP contribution in [0, 0.1) is 0 Å². The fourth-order valence-corrected chi connectivity index (χ4v) is 2.15. The van der Waals surface area contributed by atoms with Crippen LogP contribution in [0.25, 0.3) is 0 Å². The Morgan fingerprint density at radius 3 is 2.40 bits per heavy atom. The van der Waals surface area contributed by atoms with Crippen LogP contribution < -0.4 is 5.73 Å². The summed E-state index contributed by atoms with van der Waals surface area (Å²) in [6.45, 7) is 0.101. The van der Waals surface area contributed by atoms with E-state index >= 15 is 0 Å². The summed E-state index contributed by atoms with van der Waals surface area (Å²) in [5, 5.41) is 10.1. The van der Waals surface area contributed by atoms with Crippen molar-refractivity contribution in [3.8, 4) is 0 Å². The molecule has 1 aromatic rings. The molecule has 1 aromatic carbocycles. The summed E-state index contributed by atoms with van der Waals surface area (Å²) in [5.74, 6) is 0. The van der Waals surface area contributed by atoms with E-state index in [0.717, 1.165) is 0 Å². The van der Waals surface area contributed by atoms with Gasteiger partial charge in [-0.1, -0.05) is 34.8 Å². The molecule has 5 heteroatoms.